The first-order valence-electron chi connectivity index (χ1n) is 6.92. The summed E-state index contributed by atoms with van der Waals surface area (Å²) >= 11 is 0. The molecule has 0 atom stereocenters. The van der Waals surface area contributed by atoms with Gasteiger partial charge in [-0.1, -0.05) is 6.92 Å². The molecule has 1 N–H and O–H groups in total. The van der Waals surface area contributed by atoms with Crippen molar-refractivity contribution in [1.29, 1.82) is 0 Å². The maximum absolute atomic E-state index is 4.71. The van der Waals surface area contributed by atoms with Crippen molar-refractivity contribution in [2.75, 3.05) is 11.9 Å². The molecule has 4 heteroatoms. The molecule has 2 heterocycles. The molecule has 0 aromatic carbocycles. The highest BCUT2D eigenvalue weighted by molar-refractivity contribution is 5.60. The first kappa shape index (κ1) is 12.1. The van der Waals surface area contributed by atoms with Crippen LogP contribution in [-0.2, 0) is 12.8 Å². The third kappa shape index (κ3) is 2.43. The molecule has 0 amide bonds. The number of anilines is 1. The Labute approximate surface area is 113 Å². The minimum Gasteiger partial charge on any atom is -0.370 e. The Hall–Kier alpha value is -1.97. The zero-order valence-corrected chi connectivity index (χ0v) is 11.2. The largest absolute Gasteiger partial charge is 0.370 e. The minimum absolute atomic E-state index is 0.807. The van der Waals surface area contributed by atoms with Gasteiger partial charge in [0, 0.05) is 35.8 Å². The van der Waals surface area contributed by atoms with Crippen molar-refractivity contribution >= 4 is 5.82 Å². The van der Waals surface area contributed by atoms with E-state index in [2.05, 4.69) is 17.2 Å². The third-order valence-electron chi connectivity index (χ3n) is 3.41. The van der Waals surface area contributed by atoms with Crippen LogP contribution in [0.25, 0.3) is 11.4 Å². The van der Waals surface area contributed by atoms with Crippen LogP contribution in [0.4, 0.5) is 5.82 Å². The number of nitrogens with zero attached hydrogens (tertiary/aromatic N) is 3. The monoisotopic (exact) mass is 254 g/mol. The summed E-state index contributed by atoms with van der Waals surface area (Å²) in [5.41, 5.74) is 3.55. The number of fused-ring (bicyclic) bond motifs is 1. The summed E-state index contributed by atoms with van der Waals surface area (Å²) < 4.78 is 0. The van der Waals surface area contributed by atoms with Crippen LogP contribution < -0.4 is 5.32 Å². The lowest BCUT2D eigenvalue weighted by Crippen LogP contribution is -2.08. The standard InChI is InChI=1S/C15H18N4/c1-2-8-17-15-12-4-3-5-13(12)18-14(19-15)11-6-9-16-10-7-11/h6-7,9-10H,2-5,8H2,1H3,(H,17,18,19). The molecule has 0 fully saturated rings. The van der Waals surface area contributed by atoms with Crippen molar-refractivity contribution in [3.8, 4) is 11.4 Å². The van der Waals surface area contributed by atoms with Gasteiger partial charge in [-0.05, 0) is 37.8 Å². The Morgan fingerprint density at radius 3 is 2.79 bits per heavy atom. The lowest BCUT2D eigenvalue weighted by Gasteiger charge is -2.11. The first-order valence-corrected chi connectivity index (χ1v) is 6.92. The van der Waals surface area contributed by atoms with Gasteiger partial charge in [0.15, 0.2) is 5.82 Å². The molecule has 3 rings (SSSR count). The van der Waals surface area contributed by atoms with E-state index < -0.39 is 0 Å². The van der Waals surface area contributed by atoms with Crippen LogP contribution in [0.1, 0.15) is 31.0 Å². The summed E-state index contributed by atoms with van der Waals surface area (Å²) in [5, 5.41) is 3.44. The predicted molar refractivity (Wildman–Crippen MR) is 76.1 cm³/mol. The van der Waals surface area contributed by atoms with Gasteiger partial charge in [-0.25, -0.2) is 9.97 Å². The van der Waals surface area contributed by atoms with Gasteiger partial charge in [0.25, 0.3) is 0 Å². The first-order chi connectivity index (χ1) is 9.38. The minimum atomic E-state index is 0.807. The number of aryl methyl sites for hydroxylation is 1. The fraction of sp³-hybridized carbons (Fsp3) is 0.400. The zero-order valence-electron chi connectivity index (χ0n) is 11.2. The maximum atomic E-state index is 4.71. The summed E-state index contributed by atoms with van der Waals surface area (Å²) in [5.74, 6) is 1.83. The number of aromatic nitrogens is 3. The molecule has 2 aromatic rings. The number of nitrogens with one attached hydrogen (secondary N) is 1. The molecular weight excluding hydrogens is 236 g/mol. The van der Waals surface area contributed by atoms with E-state index in [0.717, 1.165) is 43.0 Å². The van der Waals surface area contributed by atoms with Gasteiger partial charge in [0.05, 0.1) is 0 Å². The highest BCUT2D eigenvalue weighted by Gasteiger charge is 2.19. The van der Waals surface area contributed by atoms with Crippen LogP contribution in [0, 0.1) is 0 Å². The van der Waals surface area contributed by atoms with E-state index in [1.54, 1.807) is 12.4 Å². The van der Waals surface area contributed by atoms with Crippen molar-refractivity contribution in [3.63, 3.8) is 0 Å². The van der Waals surface area contributed by atoms with E-state index in [1.807, 2.05) is 12.1 Å². The van der Waals surface area contributed by atoms with Crippen molar-refractivity contribution < 1.29 is 0 Å². The van der Waals surface area contributed by atoms with Crippen LogP contribution >= 0.6 is 0 Å². The lowest BCUT2D eigenvalue weighted by atomic mass is 10.2. The molecule has 98 valence electrons. The number of rotatable bonds is 4. The summed E-state index contributed by atoms with van der Waals surface area (Å²) in [4.78, 5) is 13.5. The molecule has 0 saturated heterocycles. The molecular formula is C15H18N4. The predicted octanol–water partition coefficient (Wildman–Crippen LogP) is 2.85. The maximum Gasteiger partial charge on any atom is 0.161 e. The second kappa shape index (κ2) is 5.34. The quantitative estimate of drug-likeness (QED) is 0.911. The smallest absolute Gasteiger partial charge is 0.161 e. The van der Waals surface area contributed by atoms with Gasteiger partial charge in [-0.15, -0.1) is 0 Å². The van der Waals surface area contributed by atoms with Gasteiger partial charge >= 0.3 is 0 Å². The highest BCUT2D eigenvalue weighted by atomic mass is 15.0. The molecule has 1 aliphatic carbocycles. The summed E-state index contributed by atoms with van der Waals surface area (Å²) in [7, 11) is 0. The molecule has 0 bridgehead atoms. The van der Waals surface area contributed by atoms with E-state index in [-0.39, 0.29) is 0 Å². The molecule has 4 nitrogen and oxygen atoms in total. The average molecular weight is 254 g/mol. The summed E-state index contributed by atoms with van der Waals surface area (Å²) in [6, 6.07) is 3.92. The highest BCUT2D eigenvalue weighted by Crippen LogP contribution is 2.28. The Balaban J connectivity index is 2.02. The van der Waals surface area contributed by atoms with Crippen molar-refractivity contribution in [2.45, 2.75) is 32.6 Å². The van der Waals surface area contributed by atoms with E-state index in [9.17, 15) is 0 Å². The Morgan fingerprint density at radius 2 is 2.00 bits per heavy atom. The zero-order chi connectivity index (χ0) is 13.1. The SMILES string of the molecule is CCCNc1nc(-c2ccncc2)nc2c1CCC2. The summed E-state index contributed by atoms with van der Waals surface area (Å²) in [6.45, 7) is 3.12. The van der Waals surface area contributed by atoms with Crippen LogP contribution in [0.15, 0.2) is 24.5 Å². The topological polar surface area (TPSA) is 50.7 Å². The molecule has 1 aliphatic rings. The molecule has 0 spiro atoms. The normalized spacial score (nSPS) is 13.3. The Bertz CT molecular complexity index is 566. The van der Waals surface area contributed by atoms with E-state index in [4.69, 9.17) is 9.97 Å². The number of hydrogen-bond donors (Lipinski definition) is 1. The molecule has 0 radical (unpaired) electrons. The van der Waals surface area contributed by atoms with Gasteiger partial charge in [-0.3, -0.25) is 4.98 Å². The number of hydrogen-bond acceptors (Lipinski definition) is 4. The van der Waals surface area contributed by atoms with Crippen LogP contribution in [0.3, 0.4) is 0 Å². The van der Waals surface area contributed by atoms with E-state index in [0.29, 0.717) is 0 Å². The fourth-order valence-corrected chi connectivity index (χ4v) is 2.45. The van der Waals surface area contributed by atoms with Gasteiger partial charge in [-0.2, -0.15) is 0 Å². The fourth-order valence-electron chi connectivity index (χ4n) is 2.45. The van der Waals surface area contributed by atoms with Crippen LogP contribution in [-0.4, -0.2) is 21.5 Å². The van der Waals surface area contributed by atoms with Crippen LogP contribution in [0.5, 0.6) is 0 Å². The summed E-state index contributed by atoms with van der Waals surface area (Å²) in [6.07, 6.45) is 8.01. The van der Waals surface area contributed by atoms with E-state index >= 15 is 0 Å². The third-order valence-corrected chi connectivity index (χ3v) is 3.41. The lowest BCUT2D eigenvalue weighted by molar-refractivity contribution is 0.899. The second-order valence-corrected chi connectivity index (χ2v) is 4.84. The molecule has 19 heavy (non-hydrogen) atoms. The van der Waals surface area contributed by atoms with E-state index in [1.165, 1.54) is 17.7 Å². The molecule has 0 unspecified atom stereocenters. The number of pyridine rings is 1. The van der Waals surface area contributed by atoms with Crippen molar-refractivity contribution in [1.82, 2.24) is 15.0 Å². The molecule has 2 aromatic heterocycles. The van der Waals surface area contributed by atoms with Gasteiger partial charge < -0.3 is 5.32 Å². The Morgan fingerprint density at radius 1 is 1.16 bits per heavy atom. The Kier molecular flexibility index (Phi) is 3.40. The van der Waals surface area contributed by atoms with Gasteiger partial charge in [0.2, 0.25) is 0 Å². The van der Waals surface area contributed by atoms with Crippen LogP contribution in [0.2, 0.25) is 0 Å². The van der Waals surface area contributed by atoms with Crippen molar-refractivity contribution in [2.24, 2.45) is 0 Å². The molecule has 0 aliphatic heterocycles. The second-order valence-electron chi connectivity index (χ2n) is 4.84. The van der Waals surface area contributed by atoms with Crippen molar-refractivity contribution in [3.05, 3.63) is 35.8 Å². The molecule has 0 saturated carbocycles. The average Bonchev–Trinajstić information content (AvgIpc) is 2.94. The van der Waals surface area contributed by atoms with Gasteiger partial charge in [0.1, 0.15) is 5.82 Å².